The van der Waals surface area contributed by atoms with Crippen LogP contribution in [0.3, 0.4) is 0 Å². The van der Waals surface area contributed by atoms with E-state index in [1.54, 1.807) is 0 Å². The van der Waals surface area contributed by atoms with Crippen LogP contribution in [0, 0.1) is 5.92 Å². The Balaban J connectivity index is 1.48. The summed E-state index contributed by atoms with van der Waals surface area (Å²) in [7, 11) is 0. The maximum absolute atomic E-state index is 12.1. The monoisotopic (exact) mass is 339 g/mol. The fourth-order valence-electron chi connectivity index (χ4n) is 2.79. The maximum Gasteiger partial charge on any atom is 0.389 e. The molecular formula is C12H16F3N3OS2. The van der Waals surface area contributed by atoms with Gasteiger partial charge < -0.3 is 4.74 Å². The molecule has 4 nitrogen and oxygen atoms in total. The van der Waals surface area contributed by atoms with Crippen LogP contribution in [0.1, 0.15) is 19.3 Å². The molecule has 3 heterocycles. The van der Waals surface area contributed by atoms with E-state index in [9.17, 15) is 13.2 Å². The second-order valence-corrected chi connectivity index (χ2v) is 7.02. The second kappa shape index (κ2) is 6.29. The molecule has 1 aromatic heterocycles. The van der Waals surface area contributed by atoms with Gasteiger partial charge in [-0.1, -0.05) is 11.8 Å². The standard InChI is InChI=1S/C12H16F3N3OS2/c13-12(14,15)3-1-5-20-11-10(16-21-17-11)19-9-7-18-4-2-8(9)6-18/h8-9H,1-7H2. The number of alkyl halides is 3. The van der Waals surface area contributed by atoms with Gasteiger partial charge in [0, 0.05) is 31.2 Å². The minimum atomic E-state index is -4.09. The quantitative estimate of drug-likeness (QED) is 0.588. The first-order chi connectivity index (χ1) is 10.0. The molecule has 2 fully saturated rings. The van der Waals surface area contributed by atoms with Crippen molar-refractivity contribution >= 4 is 23.5 Å². The van der Waals surface area contributed by atoms with Gasteiger partial charge in [-0.3, -0.25) is 4.90 Å². The number of hydrogen-bond donors (Lipinski definition) is 0. The summed E-state index contributed by atoms with van der Waals surface area (Å²) in [5, 5.41) is 0.625. The number of fused-ring (bicyclic) bond motifs is 2. The molecule has 9 heteroatoms. The lowest BCUT2D eigenvalue weighted by Crippen LogP contribution is -2.32. The Morgan fingerprint density at radius 3 is 2.86 bits per heavy atom. The third-order valence-electron chi connectivity index (χ3n) is 3.81. The lowest BCUT2D eigenvalue weighted by Gasteiger charge is -2.22. The number of rotatable bonds is 6. The van der Waals surface area contributed by atoms with Crippen LogP contribution in [0.5, 0.6) is 5.88 Å². The van der Waals surface area contributed by atoms with Crippen molar-refractivity contribution in [2.24, 2.45) is 5.92 Å². The predicted molar refractivity (Wildman–Crippen MR) is 74.9 cm³/mol. The Kier molecular flexibility index (Phi) is 4.60. The summed E-state index contributed by atoms with van der Waals surface area (Å²) < 4.78 is 50.5. The van der Waals surface area contributed by atoms with E-state index in [0.717, 1.165) is 37.8 Å². The SMILES string of the molecule is FC(F)(F)CCCSc1nsnc1OC1CN2CCC1C2. The predicted octanol–water partition coefficient (Wildman–Crippen LogP) is 3.06. The average molecular weight is 339 g/mol. The van der Waals surface area contributed by atoms with Gasteiger partial charge in [0.2, 0.25) is 0 Å². The summed E-state index contributed by atoms with van der Waals surface area (Å²) in [5.41, 5.74) is 0. The molecule has 0 aromatic carbocycles. The molecule has 3 rings (SSSR count). The van der Waals surface area contributed by atoms with Crippen molar-refractivity contribution in [3.63, 3.8) is 0 Å². The highest BCUT2D eigenvalue weighted by Crippen LogP contribution is 2.34. The molecule has 3 unspecified atom stereocenters. The van der Waals surface area contributed by atoms with Crippen molar-refractivity contribution in [2.45, 2.75) is 36.6 Å². The summed E-state index contributed by atoms with van der Waals surface area (Å²) in [6, 6.07) is 0. The van der Waals surface area contributed by atoms with Crippen LogP contribution in [0.25, 0.3) is 0 Å². The largest absolute Gasteiger partial charge is 0.470 e. The van der Waals surface area contributed by atoms with E-state index in [-0.39, 0.29) is 12.5 Å². The van der Waals surface area contributed by atoms with Crippen molar-refractivity contribution in [1.82, 2.24) is 13.6 Å². The molecule has 2 aliphatic heterocycles. The van der Waals surface area contributed by atoms with Crippen LogP contribution >= 0.6 is 23.5 Å². The van der Waals surface area contributed by atoms with Crippen molar-refractivity contribution in [1.29, 1.82) is 0 Å². The molecule has 118 valence electrons. The second-order valence-electron chi connectivity index (χ2n) is 5.41. The molecule has 1 aromatic rings. The molecule has 0 saturated carbocycles. The van der Waals surface area contributed by atoms with Crippen LogP contribution in [0.4, 0.5) is 13.2 Å². The number of piperidine rings is 1. The highest BCUT2D eigenvalue weighted by atomic mass is 32.2. The van der Waals surface area contributed by atoms with Crippen LogP contribution in [-0.2, 0) is 0 Å². The molecule has 0 amide bonds. The summed E-state index contributed by atoms with van der Waals surface area (Å²) in [6.07, 6.45) is -3.45. The van der Waals surface area contributed by atoms with Crippen molar-refractivity contribution in [3.8, 4) is 5.88 Å². The highest BCUT2D eigenvalue weighted by molar-refractivity contribution is 7.99. The molecule has 2 bridgehead atoms. The zero-order chi connectivity index (χ0) is 14.9. The molecule has 2 aliphatic rings. The number of thioether (sulfide) groups is 1. The molecule has 3 atom stereocenters. The van der Waals surface area contributed by atoms with Crippen LogP contribution in [0.15, 0.2) is 5.03 Å². The first kappa shape index (κ1) is 15.4. The fraction of sp³-hybridized carbons (Fsp3) is 0.833. The van der Waals surface area contributed by atoms with E-state index in [1.165, 1.54) is 11.8 Å². The summed E-state index contributed by atoms with van der Waals surface area (Å²) in [5.74, 6) is 1.42. The van der Waals surface area contributed by atoms with Gasteiger partial charge in [-0.25, -0.2) is 0 Å². The molecule has 0 aliphatic carbocycles. The fourth-order valence-corrected chi connectivity index (χ4v) is 4.25. The third kappa shape index (κ3) is 4.01. The third-order valence-corrected chi connectivity index (χ3v) is 5.47. The topological polar surface area (TPSA) is 38.3 Å². The highest BCUT2D eigenvalue weighted by Gasteiger charge is 2.40. The van der Waals surface area contributed by atoms with E-state index in [2.05, 4.69) is 13.6 Å². The minimum Gasteiger partial charge on any atom is -0.470 e. The van der Waals surface area contributed by atoms with Crippen molar-refractivity contribution < 1.29 is 17.9 Å². The van der Waals surface area contributed by atoms with E-state index in [1.807, 2.05) is 0 Å². The van der Waals surface area contributed by atoms with Gasteiger partial charge in [0.25, 0.3) is 5.88 Å². The first-order valence-electron chi connectivity index (χ1n) is 6.92. The van der Waals surface area contributed by atoms with Gasteiger partial charge in [0.05, 0.1) is 11.7 Å². The number of ether oxygens (including phenoxy) is 1. The van der Waals surface area contributed by atoms with Crippen LogP contribution in [0.2, 0.25) is 0 Å². The maximum atomic E-state index is 12.1. The number of aromatic nitrogens is 2. The zero-order valence-corrected chi connectivity index (χ0v) is 12.9. The number of nitrogens with zero attached hydrogens (tertiary/aromatic N) is 3. The van der Waals surface area contributed by atoms with Gasteiger partial charge >= 0.3 is 6.18 Å². The lowest BCUT2D eigenvalue weighted by atomic mass is 10.0. The normalized spacial score (nSPS) is 28.2. The van der Waals surface area contributed by atoms with Gasteiger partial charge in [-0.2, -0.15) is 17.5 Å². The van der Waals surface area contributed by atoms with Crippen molar-refractivity contribution in [2.75, 3.05) is 25.4 Å². The number of halogens is 3. The Morgan fingerprint density at radius 1 is 1.33 bits per heavy atom. The van der Waals surface area contributed by atoms with E-state index in [4.69, 9.17) is 4.74 Å². The Hall–Kier alpha value is -0.540. The Morgan fingerprint density at radius 2 is 2.19 bits per heavy atom. The minimum absolute atomic E-state index is 0.0883. The molecule has 0 N–H and O–H groups in total. The summed E-state index contributed by atoms with van der Waals surface area (Å²) in [4.78, 5) is 2.37. The molecule has 21 heavy (non-hydrogen) atoms. The summed E-state index contributed by atoms with van der Waals surface area (Å²) >= 11 is 2.35. The summed E-state index contributed by atoms with van der Waals surface area (Å²) in [6.45, 7) is 3.13. The lowest BCUT2D eigenvalue weighted by molar-refractivity contribution is -0.134. The van der Waals surface area contributed by atoms with Gasteiger partial charge in [0.1, 0.15) is 6.10 Å². The zero-order valence-electron chi connectivity index (χ0n) is 11.3. The van der Waals surface area contributed by atoms with Crippen LogP contribution in [-0.4, -0.2) is 51.3 Å². The van der Waals surface area contributed by atoms with Gasteiger partial charge in [-0.15, -0.1) is 4.37 Å². The van der Waals surface area contributed by atoms with Crippen LogP contribution < -0.4 is 4.74 Å². The van der Waals surface area contributed by atoms with Gasteiger partial charge in [0.15, 0.2) is 5.03 Å². The first-order valence-corrected chi connectivity index (χ1v) is 8.64. The number of hydrogen-bond acceptors (Lipinski definition) is 6. The molecule has 0 spiro atoms. The van der Waals surface area contributed by atoms with E-state index >= 15 is 0 Å². The molecular weight excluding hydrogens is 323 g/mol. The Labute approximate surface area is 129 Å². The molecule has 2 saturated heterocycles. The van der Waals surface area contributed by atoms with E-state index < -0.39 is 12.6 Å². The van der Waals surface area contributed by atoms with E-state index in [0.29, 0.717) is 22.6 Å². The average Bonchev–Trinajstić information content (AvgIpc) is 3.10. The molecule has 0 radical (unpaired) electrons. The smallest absolute Gasteiger partial charge is 0.389 e. The van der Waals surface area contributed by atoms with Gasteiger partial charge in [-0.05, 0) is 19.4 Å². The Bertz CT molecular complexity index is 483. The van der Waals surface area contributed by atoms with Crippen molar-refractivity contribution in [3.05, 3.63) is 0 Å².